The fraction of sp³-hybridized carbons (Fsp3) is 0.571. The van der Waals surface area contributed by atoms with Gasteiger partial charge in [-0.15, -0.1) is 0 Å². The quantitative estimate of drug-likeness (QED) is 0.858. The number of carbonyl (C=O) groups excluding carboxylic acids is 1. The molecule has 2 aromatic rings. The van der Waals surface area contributed by atoms with Crippen LogP contribution in [0.4, 0.5) is 4.79 Å². The van der Waals surface area contributed by atoms with Gasteiger partial charge in [-0.25, -0.2) is 4.79 Å². The number of likely N-dealkylation sites (tertiary alicyclic amines) is 1. The molecule has 2 heterocycles. The van der Waals surface area contributed by atoms with E-state index in [4.69, 9.17) is 4.42 Å². The molecule has 142 valence electrons. The first-order valence-electron chi connectivity index (χ1n) is 9.56. The number of hydrogen-bond acceptors (Lipinski definition) is 3. The number of nitrogens with one attached hydrogen (secondary N) is 2. The number of aryl methyl sites for hydroxylation is 1. The van der Waals surface area contributed by atoms with Crippen LogP contribution in [0.5, 0.6) is 0 Å². The molecule has 1 aromatic heterocycles. The van der Waals surface area contributed by atoms with Crippen molar-refractivity contribution in [2.24, 2.45) is 0 Å². The summed E-state index contributed by atoms with van der Waals surface area (Å²) < 4.78 is 5.95. The lowest BCUT2D eigenvalue weighted by molar-refractivity contribution is 0.0977. The Balaban J connectivity index is 1.55. The predicted octanol–water partition coefficient (Wildman–Crippen LogP) is 4.36. The van der Waals surface area contributed by atoms with Crippen molar-refractivity contribution >= 4 is 17.0 Å². The van der Waals surface area contributed by atoms with Gasteiger partial charge in [-0.3, -0.25) is 4.90 Å². The molecular formula is C21H31N3O2. The zero-order valence-corrected chi connectivity index (χ0v) is 16.6. The van der Waals surface area contributed by atoms with Gasteiger partial charge in [0, 0.05) is 35.6 Å². The molecule has 5 heteroatoms. The third kappa shape index (κ3) is 4.04. The number of fused-ring (bicyclic) bond motifs is 1. The molecule has 0 bridgehead atoms. The standard InChI is InChI=1S/C21H31N3O2/c1-14-17-8-6-7-9-18(17)26-19(14)15(2)22-20(25)23-16-10-12-24(13-11-16)21(3,4)5/h6-9,15-16H,10-13H2,1-5H3,(H2,22,23,25)/t15-/m1/s1. The van der Waals surface area contributed by atoms with Crippen LogP contribution in [0.1, 0.15) is 57.9 Å². The van der Waals surface area contributed by atoms with E-state index in [9.17, 15) is 4.79 Å². The Labute approximate surface area is 156 Å². The SMILES string of the molecule is Cc1c([C@@H](C)NC(=O)NC2CCN(C(C)(C)C)CC2)oc2ccccc12. The smallest absolute Gasteiger partial charge is 0.315 e. The minimum Gasteiger partial charge on any atom is -0.459 e. The Morgan fingerprint density at radius 2 is 1.88 bits per heavy atom. The molecule has 0 radical (unpaired) electrons. The molecule has 1 aromatic carbocycles. The monoisotopic (exact) mass is 357 g/mol. The average molecular weight is 357 g/mol. The van der Waals surface area contributed by atoms with Gasteiger partial charge in [0.15, 0.2) is 0 Å². The minimum atomic E-state index is -0.169. The maximum atomic E-state index is 12.4. The zero-order valence-electron chi connectivity index (χ0n) is 16.6. The Morgan fingerprint density at radius 1 is 1.23 bits per heavy atom. The van der Waals surface area contributed by atoms with Gasteiger partial charge in [-0.2, -0.15) is 0 Å². The summed E-state index contributed by atoms with van der Waals surface area (Å²) in [5.41, 5.74) is 2.15. The van der Waals surface area contributed by atoms with Gasteiger partial charge >= 0.3 is 6.03 Å². The van der Waals surface area contributed by atoms with Crippen molar-refractivity contribution in [3.63, 3.8) is 0 Å². The Hall–Kier alpha value is -2.01. The van der Waals surface area contributed by atoms with Crippen molar-refractivity contribution in [1.82, 2.24) is 15.5 Å². The van der Waals surface area contributed by atoms with Crippen molar-refractivity contribution in [3.8, 4) is 0 Å². The fourth-order valence-electron chi connectivity index (χ4n) is 3.79. The van der Waals surface area contributed by atoms with E-state index in [2.05, 4.69) is 36.3 Å². The molecule has 1 fully saturated rings. The summed E-state index contributed by atoms with van der Waals surface area (Å²) in [6.45, 7) is 12.8. The molecule has 1 aliphatic rings. The van der Waals surface area contributed by atoms with Gasteiger partial charge in [-0.05, 0) is 53.5 Å². The topological polar surface area (TPSA) is 57.5 Å². The predicted molar refractivity (Wildman–Crippen MR) is 105 cm³/mol. The Kier molecular flexibility index (Phi) is 5.28. The second kappa shape index (κ2) is 7.31. The number of benzene rings is 1. The van der Waals surface area contributed by atoms with Gasteiger partial charge in [0.1, 0.15) is 11.3 Å². The highest BCUT2D eigenvalue weighted by Crippen LogP contribution is 2.29. The number of nitrogens with zero attached hydrogens (tertiary/aromatic N) is 1. The number of hydrogen-bond donors (Lipinski definition) is 2. The summed E-state index contributed by atoms with van der Waals surface area (Å²) in [7, 11) is 0. The van der Waals surface area contributed by atoms with Crippen LogP contribution in [0.2, 0.25) is 0 Å². The second-order valence-electron chi connectivity index (χ2n) is 8.36. The van der Waals surface area contributed by atoms with Crippen molar-refractivity contribution in [2.75, 3.05) is 13.1 Å². The molecule has 5 nitrogen and oxygen atoms in total. The zero-order chi connectivity index (χ0) is 18.9. The first-order valence-corrected chi connectivity index (χ1v) is 9.56. The Morgan fingerprint density at radius 3 is 2.50 bits per heavy atom. The first-order chi connectivity index (χ1) is 12.3. The van der Waals surface area contributed by atoms with Crippen molar-refractivity contribution in [1.29, 1.82) is 0 Å². The maximum absolute atomic E-state index is 12.4. The van der Waals surface area contributed by atoms with Gasteiger partial charge in [-0.1, -0.05) is 18.2 Å². The third-order valence-electron chi connectivity index (χ3n) is 5.40. The number of para-hydroxylation sites is 1. The van der Waals surface area contributed by atoms with Gasteiger partial charge in [0.05, 0.1) is 6.04 Å². The summed E-state index contributed by atoms with van der Waals surface area (Å²) in [6, 6.07) is 7.92. The molecular weight excluding hydrogens is 326 g/mol. The lowest BCUT2D eigenvalue weighted by Crippen LogP contribution is -2.52. The highest BCUT2D eigenvalue weighted by Gasteiger charge is 2.28. The van der Waals surface area contributed by atoms with E-state index in [1.54, 1.807) is 0 Å². The molecule has 0 saturated carbocycles. The summed E-state index contributed by atoms with van der Waals surface area (Å²) in [5, 5.41) is 7.26. The third-order valence-corrected chi connectivity index (χ3v) is 5.40. The number of urea groups is 1. The maximum Gasteiger partial charge on any atom is 0.315 e. The summed E-state index contributed by atoms with van der Waals surface area (Å²) in [4.78, 5) is 14.9. The van der Waals surface area contributed by atoms with Crippen LogP contribution in [0.25, 0.3) is 11.0 Å². The number of carbonyl (C=O) groups is 1. The van der Waals surface area contributed by atoms with Crippen molar-refractivity contribution < 1.29 is 9.21 Å². The molecule has 1 atom stereocenters. The van der Waals surface area contributed by atoms with Crippen LogP contribution in [-0.2, 0) is 0 Å². The van der Waals surface area contributed by atoms with Crippen molar-refractivity contribution in [2.45, 2.75) is 65.1 Å². The van der Waals surface area contributed by atoms with E-state index in [1.807, 2.05) is 38.1 Å². The fourth-order valence-corrected chi connectivity index (χ4v) is 3.79. The lowest BCUT2D eigenvalue weighted by atomic mass is 9.98. The van der Waals surface area contributed by atoms with Crippen LogP contribution >= 0.6 is 0 Å². The number of furan rings is 1. The minimum absolute atomic E-state index is 0.119. The molecule has 0 aliphatic carbocycles. The summed E-state index contributed by atoms with van der Waals surface area (Å²) >= 11 is 0. The highest BCUT2D eigenvalue weighted by atomic mass is 16.3. The van der Waals surface area contributed by atoms with Gasteiger partial charge < -0.3 is 15.1 Å². The molecule has 1 aliphatic heterocycles. The average Bonchev–Trinajstić information content (AvgIpc) is 2.92. The highest BCUT2D eigenvalue weighted by molar-refractivity contribution is 5.82. The van der Waals surface area contributed by atoms with E-state index in [0.717, 1.165) is 48.2 Å². The molecule has 2 N–H and O–H groups in total. The van der Waals surface area contributed by atoms with E-state index in [-0.39, 0.29) is 23.7 Å². The molecule has 0 unspecified atom stereocenters. The van der Waals surface area contributed by atoms with E-state index in [1.165, 1.54) is 0 Å². The normalized spacial score (nSPS) is 18.0. The van der Waals surface area contributed by atoms with Crippen molar-refractivity contribution in [3.05, 3.63) is 35.6 Å². The molecule has 1 saturated heterocycles. The van der Waals surface area contributed by atoms with E-state index < -0.39 is 0 Å². The van der Waals surface area contributed by atoms with Crippen LogP contribution in [0.15, 0.2) is 28.7 Å². The largest absolute Gasteiger partial charge is 0.459 e. The molecule has 0 spiro atoms. The van der Waals surface area contributed by atoms with Gasteiger partial charge in [0.25, 0.3) is 0 Å². The molecule has 26 heavy (non-hydrogen) atoms. The van der Waals surface area contributed by atoms with E-state index >= 15 is 0 Å². The number of rotatable bonds is 3. The first kappa shape index (κ1) is 18.8. The van der Waals surface area contributed by atoms with E-state index in [0.29, 0.717) is 0 Å². The van der Waals surface area contributed by atoms with Gasteiger partial charge in [0.2, 0.25) is 0 Å². The number of amides is 2. The van der Waals surface area contributed by atoms with Crippen LogP contribution in [0, 0.1) is 6.92 Å². The Bertz CT molecular complexity index is 767. The lowest BCUT2D eigenvalue weighted by Gasteiger charge is -2.41. The second-order valence-corrected chi connectivity index (χ2v) is 8.36. The summed E-state index contributed by atoms with van der Waals surface area (Å²) in [6.07, 6.45) is 1.98. The van der Waals surface area contributed by atoms with Crippen LogP contribution in [0.3, 0.4) is 0 Å². The molecule has 2 amide bonds. The van der Waals surface area contributed by atoms with Crippen LogP contribution < -0.4 is 10.6 Å². The van der Waals surface area contributed by atoms with Crippen LogP contribution in [-0.4, -0.2) is 35.6 Å². The number of piperidine rings is 1. The summed E-state index contributed by atoms with van der Waals surface area (Å²) in [5.74, 6) is 0.823. The molecule has 3 rings (SSSR count).